The Bertz CT molecular complexity index is 4070. The van der Waals surface area contributed by atoms with Gasteiger partial charge in [-0.15, -0.1) is 0 Å². The summed E-state index contributed by atoms with van der Waals surface area (Å²) in [5.74, 6) is 1.86. The van der Waals surface area contributed by atoms with Crippen molar-refractivity contribution in [3.8, 4) is 44.9 Å². The molecule has 15 rings (SSSR count). The first kappa shape index (κ1) is 38.4. The van der Waals surface area contributed by atoms with Crippen LogP contribution in [-0.4, -0.2) is 0 Å². The van der Waals surface area contributed by atoms with Crippen LogP contribution in [0.15, 0.2) is 229 Å². The van der Waals surface area contributed by atoms with Crippen molar-refractivity contribution in [1.29, 1.82) is 0 Å². The van der Waals surface area contributed by atoms with Crippen LogP contribution in [0.2, 0.25) is 0 Å². The number of para-hydroxylation sites is 1. The van der Waals surface area contributed by atoms with E-state index in [1.54, 1.807) is 0 Å². The molecule has 0 saturated heterocycles. The Morgan fingerprint density at radius 2 is 0.928 bits per heavy atom. The first-order valence-corrected chi connectivity index (χ1v) is 24.0. The molecule has 0 saturated carbocycles. The number of hydrogen-bond donors (Lipinski definition) is 0. The molecule has 324 valence electrons. The molecule has 2 heterocycles. The van der Waals surface area contributed by atoms with Crippen LogP contribution in [0.3, 0.4) is 0 Å². The smallest absolute Gasteiger partial charge is 0.140 e. The highest BCUT2D eigenvalue weighted by molar-refractivity contribution is 6.07. The average molecular weight is 882 g/mol. The van der Waals surface area contributed by atoms with Crippen molar-refractivity contribution in [3.05, 3.63) is 258 Å². The summed E-state index contributed by atoms with van der Waals surface area (Å²) in [4.78, 5) is 2.44. The van der Waals surface area contributed by atoms with E-state index in [1.807, 2.05) is 6.07 Å². The Hall–Kier alpha value is -8.66. The van der Waals surface area contributed by atoms with Gasteiger partial charge in [-0.3, -0.25) is 0 Å². The minimum atomic E-state index is -0.587. The molecule has 0 amide bonds. The zero-order chi connectivity index (χ0) is 45.6. The number of rotatable bonds is 4. The van der Waals surface area contributed by atoms with Gasteiger partial charge in [-0.2, -0.15) is 0 Å². The second kappa shape index (κ2) is 13.9. The standard InChI is InChI=1S/C66H43NO2/c1-65(2)53-21-10-8-20-50(53)62-56(65)23-13-24-59(62)67(45-33-37-61-52(39-45)49-19-9-12-25-60(49)68-61)44-31-26-40(27-32-44)43-30-34-55-51(38-43)48-18-7-11-22-54(48)66(55)57-35-28-41-14-3-5-16-46(41)63(57)69-64-47-17-6-4-15-42(47)29-36-58(64)66/h3-39H,1-2H3. The molecule has 0 atom stereocenters. The number of hydrogen-bond acceptors (Lipinski definition) is 3. The Morgan fingerprint density at radius 3 is 1.68 bits per heavy atom. The first-order valence-electron chi connectivity index (χ1n) is 24.0. The van der Waals surface area contributed by atoms with Crippen LogP contribution >= 0.6 is 0 Å². The molecule has 0 fully saturated rings. The van der Waals surface area contributed by atoms with Crippen LogP contribution in [-0.2, 0) is 10.8 Å². The van der Waals surface area contributed by atoms with Crippen molar-refractivity contribution in [1.82, 2.24) is 0 Å². The number of nitrogens with zero attached hydrogens (tertiary/aromatic N) is 1. The Morgan fingerprint density at radius 1 is 0.362 bits per heavy atom. The molecule has 11 aromatic carbocycles. The van der Waals surface area contributed by atoms with E-state index in [4.69, 9.17) is 9.15 Å². The molecule has 12 aromatic rings. The van der Waals surface area contributed by atoms with Gasteiger partial charge in [0.15, 0.2) is 0 Å². The van der Waals surface area contributed by atoms with Crippen molar-refractivity contribution in [2.24, 2.45) is 0 Å². The molecule has 1 spiro atoms. The lowest BCUT2D eigenvalue weighted by Gasteiger charge is -2.40. The quantitative estimate of drug-likeness (QED) is 0.176. The normalized spacial score (nSPS) is 14.3. The number of anilines is 3. The van der Waals surface area contributed by atoms with Crippen LogP contribution in [0.4, 0.5) is 17.1 Å². The van der Waals surface area contributed by atoms with E-state index in [0.29, 0.717) is 0 Å². The molecule has 2 aliphatic carbocycles. The third kappa shape index (κ3) is 5.17. The molecule has 1 aliphatic heterocycles. The van der Waals surface area contributed by atoms with Crippen LogP contribution in [0.1, 0.15) is 47.2 Å². The molecule has 0 N–H and O–H groups in total. The molecule has 0 unspecified atom stereocenters. The molecule has 3 nitrogen and oxygen atoms in total. The maximum absolute atomic E-state index is 7.19. The summed E-state index contributed by atoms with van der Waals surface area (Å²) < 4.78 is 13.5. The summed E-state index contributed by atoms with van der Waals surface area (Å²) in [6.07, 6.45) is 0. The van der Waals surface area contributed by atoms with E-state index < -0.39 is 5.41 Å². The van der Waals surface area contributed by atoms with Gasteiger partial charge in [-0.1, -0.05) is 190 Å². The van der Waals surface area contributed by atoms with Crippen molar-refractivity contribution >= 4 is 60.5 Å². The van der Waals surface area contributed by atoms with Gasteiger partial charge in [0.1, 0.15) is 22.7 Å². The molecule has 69 heavy (non-hydrogen) atoms. The van der Waals surface area contributed by atoms with Crippen molar-refractivity contribution in [2.75, 3.05) is 4.90 Å². The SMILES string of the molecule is CC1(C)c2ccccc2-c2c(N(c3ccc(-c4ccc5c(c4)-c4ccccc4C54c5ccc6ccccc6c5Oc5c4ccc4ccccc54)cc3)c3ccc4oc5ccccc5c4c3)cccc21. The lowest BCUT2D eigenvalue weighted by molar-refractivity contribution is 0.447. The van der Waals surface area contributed by atoms with E-state index in [2.05, 4.69) is 237 Å². The van der Waals surface area contributed by atoms with E-state index >= 15 is 0 Å². The molecule has 3 aliphatic rings. The van der Waals surface area contributed by atoms with Crippen molar-refractivity contribution in [3.63, 3.8) is 0 Å². The van der Waals surface area contributed by atoms with E-state index in [1.165, 1.54) is 72.0 Å². The molecular formula is C66H43NO2. The zero-order valence-electron chi connectivity index (χ0n) is 38.1. The average Bonchev–Trinajstić information content (AvgIpc) is 4.00. The van der Waals surface area contributed by atoms with Crippen LogP contribution < -0.4 is 9.64 Å². The summed E-state index contributed by atoms with van der Waals surface area (Å²) in [5, 5.41) is 6.79. The summed E-state index contributed by atoms with van der Waals surface area (Å²) in [5.41, 5.74) is 19.4. The fraction of sp³-hybridized carbons (Fsp3) is 0.0606. The van der Waals surface area contributed by atoms with Crippen LogP contribution in [0.5, 0.6) is 11.5 Å². The van der Waals surface area contributed by atoms with Crippen molar-refractivity contribution in [2.45, 2.75) is 24.7 Å². The highest BCUT2D eigenvalue weighted by Gasteiger charge is 2.52. The third-order valence-corrected chi connectivity index (χ3v) is 15.7. The third-order valence-electron chi connectivity index (χ3n) is 15.7. The van der Waals surface area contributed by atoms with Gasteiger partial charge in [0.25, 0.3) is 0 Å². The van der Waals surface area contributed by atoms with Gasteiger partial charge in [0.2, 0.25) is 0 Å². The number of fused-ring (bicyclic) bond motifs is 19. The summed E-state index contributed by atoms with van der Waals surface area (Å²) in [6, 6.07) is 82.5. The highest BCUT2D eigenvalue weighted by atomic mass is 16.5. The molecule has 1 aromatic heterocycles. The Balaban J connectivity index is 0.910. The van der Waals surface area contributed by atoms with E-state index in [-0.39, 0.29) is 5.41 Å². The van der Waals surface area contributed by atoms with Gasteiger partial charge >= 0.3 is 0 Å². The minimum Gasteiger partial charge on any atom is -0.456 e. The van der Waals surface area contributed by atoms with Crippen molar-refractivity contribution < 1.29 is 9.15 Å². The van der Waals surface area contributed by atoms with Gasteiger partial charge in [0, 0.05) is 55.0 Å². The Labute approximate surface area is 400 Å². The number of ether oxygens (including phenoxy) is 1. The fourth-order valence-electron chi connectivity index (χ4n) is 12.6. The number of furan rings is 1. The molecular weight excluding hydrogens is 839 g/mol. The highest BCUT2D eigenvalue weighted by Crippen LogP contribution is 2.64. The summed E-state index contributed by atoms with van der Waals surface area (Å²) in [7, 11) is 0. The zero-order valence-corrected chi connectivity index (χ0v) is 38.1. The van der Waals surface area contributed by atoms with Gasteiger partial charge < -0.3 is 14.1 Å². The van der Waals surface area contributed by atoms with Gasteiger partial charge in [-0.05, 0) is 109 Å². The van der Waals surface area contributed by atoms with Crippen LogP contribution in [0, 0.1) is 0 Å². The first-order chi connectivity index (χ1) is 34.0. The topological polar surface area (TPSA) is 25.6 Å². The maximum atomic E-state index is 7.19. The van der Waals surface area contributed by atoms with Gasteiger partial charge in [-0.25, -0.2) is 0 Å². The second-order valence-corrected chi connectivity index (χ2v) is 19.5. The monoisotopic (exact) mass is 881 g/mol. The maximum Gasteiger partial charge on any atom is 0.140 e. The van der Waals surface area contributed by atoms with E-state index in [0.717, 1.165) is 66.8 Å². The largest absolute Gasteiger partial charge is 0.456 e. The second-order valence-electron chi connectivity index (χ2n) is 19.5. The molecule has 0 bridgehead atoms. The minimum absolute atomic E-state index is 0.136. The summed E-state index contributed by atoms with van der Waals surface area (Å²) >= 11 is 0. The fourth-order valence-corrected chi connectivity index (χ4v) is 12.6. The molecule has 0 radical (unpaired) electrons. The lowest BCUT2D eigenvalue weighted by atomic mass is 9.65. The predicted octanol–water partition coefficient (Wildman–Crippen LogP) is 17.8. The number of benzene rings is 11. The predicted molar refractivity (Wildman–Crippen MR) is 284 cm³/mol. The Kier molecular flexibility index (Phi) is 7.77. The lowest BCUT2D eigenvalue weighted by Crippen LogP contribution is -2.32. The van der Waals surface area contributed by atoms with E-state index in [9.17, 15) is 0 Å². The summed E-state index contributed by atoms with van der Waals surface area (Å²) in [6.45, 7) is 4.70. The van der Waals surface area contributed by atoms with Crippen LogP contribution in [0.25, 0.3) is 76.9 Å². The molecule has 3 heteroatoms. The van der Waals surface area contributed by atoms with Gasteiger partial charge in [0.05, 0.1) is 11.1 Å².